The Bertz CT molecular complexity index is 643. The molecule has 20 heavy (non-hydrogen) atoms. The van der Waals surface area contributed by atoms with Crippen LogP contribution in [0.1, 0.15) is 34.8 Å². The maximum Gasteiger partial charge on any atom is 0.173 e. The van der Waals surface area contributed by atoms with Crippen LogP contribution < -0.4 is 4.74 Å². The van der Waals surface area contributed by atoms with Gasteiger partial charge in [-0.1, -0.05) is 36.4 Å². The highest BCUT2D eigenvalue weighted by Crippen LogP contribution is 2.38. The summed E-state index contributed by atoms with van der Waals surface area (Å²) in [6.45, 7) is 2.05. The number of benzene rings is 2. The number of carbonyl (C=O) groups is 1. The number of methoxy groups -OCH3 is 1. The molecule has 2 aromatic carbocycles. The normalized spacial score (nSPS) is 21.4. The van der Waals surface area contributed by atoms with Gasteiger partial charge >= 0.3 is 0 Å². The van der Waals surface area contributed by atoms with Gasteiger partial charge in [0.1, 0.15) is 5.75 Å². The fourth-order valence-electron chi connectivity index (χ4n) is 2.99. The summed E-state index contributed by atoms with van der Waals surface area (Å²) in [5.74, 6) is 1.05. The van der Waals surface area contributed by atoms with Gasteiger partial charge in [-0.05, 0) is 43.0 Å². The second-order valence-electron chi connectivity index (χ2n) is 5.55. The smallest absolute Gasteiger partial charge is 0.173 e. The molecular weight excluding hydrogens is 248 g/mol. The standard InChI is InChI=1S/C18H18O2/c1-18(14-7-9-15(20-2)10-8-14)12-11-13-5-3-4-6-16(13)17(18)19/h3-10H,11-12H2,1-2H3/t18-/m0/s1. The lowest BCUT2D eigenvalue weighted by Gasteiger charge is -2.33. The molecule has 2 heteroatoms. The van der Waals surface area contributed by atoms with Crippen LogP contribution in [0.2, 0.25) is 0 Å². The van der Waals surface area contributed by atoms with Crippen LogP contribution in [0.3, 0.4) is 0 Å². The minimum Gasteiger partial charge on any atom is -0.497 e. The van der Waals surface area contributed by atoms with E-state index in [0.29, 0.717) is 0 Å². The Morgan fingerprint density at radius 2 is 1.75 bits per heavy atom. The molecule has 0 amide bonds. The maximum absolute atomic E-state index is 12.9. The highest BCUT2D eigenvalue weighted by Gasteiger charge is 2.39. The van der Waals surface area contributed by atoms with Crippen LogP contribution in [0, 0.1) is 0 Å². The number of carbonyl (C=O) groups excluding carboxylic acids is 1. The summed E-state index contributed by atoms with van der Waals surface area (Å²) < 4.78 is 5.19. The van der Waals surface area contributed by atoms with E-state index in [9.17, 15) is 4.79 Å². The number of rotatable bonds is 2. The van der Waals surface area contributed by atoms with Crippen LogP contribution in [0.25, 0.3) is 0 Å². The average molecular weight is 266 g/mol. The molecule has 2 aromatic rings. The molecule has 0 aromatic heterocycles. The Balaban J connectivity index is 2.02. The van der Waals surface area contributed by atoms with E-state index in [4.69, 9.17) is 4.74 Å². The molecule has 0 saturated heterocycles. The zero-order valence-corrected chi connectivity index (χ0v) is 11.8. The van der Waals surface area contributed by atoms with Crippen molar-refractivity contribution >= 4 is 5.78 Å². The molecule has 1 aliphatic carbocycles. The number of fused-ring (bicyclic) bond motifs is 1. The minimum atomic E-state index is -0.430. The SMILES string of the molecule is COc1ccc([C@]2(C)CCc3ccccc3C2=O)cc1. The minimum absolute atomic E-state index is 0.226. The Morgan fingerprint density at radius 1 is 1.05 bits per heavy atom. The monoisotopic (exact) mass is 266 g/mol. The third-order valence-electron chi connectivity index (χ3n) is 4.38. The number of hydrogen-bond donors (Lipinski definition) is 0. The lowest BCUT2D eigenvalue weighted by molar-refractivity contribution is 0.0875. The summed E-state index contributed by atoms with van der Waals surface area (Å²) in [5, 5.41) is 0. The lowest BCUT2D eigenvalue weighted by atomic mass is 9.68. The fourth-order valence-corrected chi connectivity index (χ4v) is 2.99. The van der Waals surface area contributed by atoms with Gasteiger partial charge in [-0.15, -0.1) is 0 Å². The van der Waals surface area contributed by atoms with Crippen molar-refractivity contribution in [2.45, 2.75) is 25.2 Å². The summed E-state index contributed by atoms with van der Waals surface area (Å²) in [6, 6.07) is 15.8. The quantitative estimate of drug-likeness (QED) is 0.826. The molecule has 102 valence electrons. The molecule has 0 spiro atoms. The molecule has 0 radical (unpaired) electrons. The zero-order chi connectivity index (χ0) is 14.2. The van der Waals surface area contributed by atoms with Gasteiger partial charge in [-0.2, -0.15) is 0 Å². The molecule has 0 aliphatic heterocycles. The third kappa shape index (κ3) is 1.92. The van der Waals surface area contributed by atoms with Crippen molar-refractivity contribution in [3.8, 4) is 5.75 Å². The maximum atomic E-state index is 12.9. The summed E-state index contributed by atoms with van der Waals surface area (Å²) in [7, 11) is 1.65. The summed E-state index contributed by atoms with van der Waals surface area (Å²) in [5.41, 5.74) is 2.68. The van der Waals surface area contributed by atoms with Crippen LogP contribution in [-0.4, -0.2) is 12.9 Å². The van der Waals surface area contributed by atoms with Crippen molar-refractivity contribution in [2.75, 3.05) is 7.11 Å². The number of ketones is 1. The van der Waals surface area contributed by atoms with Gasteiger partial charge in [0.15, 0.2) is 5.78 Å². The van der Waals surface area contributed by atoms with Crippen molar-refractivity contribution in [3.63, 3.8) is 0 Å². The zero-order valence-electron chi connectivity index (χ0n) is 11.8. The van der Waals surface area contributed by atoms with E-state index < -0.39 is 5.41 Å². The van der Waals surface area contributed by atoms with Gasteiger partial charge in [0.2, 0.25) is 0 Å². The van der Waals surface area contributed by atoms with Crippen molar-refractivity contribution in [1.82, 2.24) is 0 Å². The Hall–Kier alpha value is -2.09. The van der Waals surface area contributed by atoms with Crippen molar-refractivity contribution < 1.29 is 9.53 Å². The van der Waals surface area contributed by atoms with Crippen LogP contribution >= 0.6 is 0 Å². The van der Waals surface area contributed by atoms with Gasteiger partial charge in [-0.25, -0.2) is 0 Å². The predicted octanol–water partition coefficient (Wildman–Crippen LogP) is 3.78. The van der Waals surface area contributed by atoms with E-state index in [-0.39, 0.29) is 5.78 Å². The van der Waals surface area contributed by atoms with Crippen molar-refractivity contribution in [3.05, 3.63) is 65.2 Å². The van der Waals surface area contributed by atoms with Gasteiger partial charge in [0.25, 0.3) is 0 Å². The summed E-state index contributed by atoms with van der Waals surface area (Å²) in [4.78, 5) is 12.9. The Kier molecular flexibility index (Phi) is 3.09. The second kappa shape index (κ2) is 4.78. The van der Waals surface area contributed by atoms with E-state index in [0.717, 1.165) is 29.7 Å². The van der Waals surface area contributed by atoms with E-state index in [1.807, 2.05) is 49.4 Å². The third-order valence-corrected chi connectivity index (χ3v) is 4.38. The Labute approximate surface area is 119 Å². The Morgan fingerprint density at radius 3 is 2.45 bits per heavy atom. The topological polar surface area (TPSA) is 26.3 Å². The number of Topliss-reactive ketones (excluding diaryl/α,β-unsaturated/α-hetero) is 1. The van der Waals surface area contributed by atoms with Gasteiger partial charge in [-0.3, -0.25) is 4.79 Å². The highest BCUT2D eigenvalue weighted by atomic mass is 16.5. The highest BCUT2D eigenvalue weighted by molar-refractivity contribution is 6.06. The first kappa shape index (κ1) is 12.9. The van der Waals surface area contributed by atoms with Crippen LogP contribution in [-0.2, 0) is 11.8 Å². The summed E-state index contributed by atoms with van der Waals surface area (Å²) in [6.07, 6.45) is 1.81. The van der Waals surface area contributed by atoms with E-state index in [1.165, 1.54) is 5.56 Å². The van der Waals surface area contributed by atoms with Gasteiger partial charge in [0.05, 0.1) is 12.5 Å². The van der Waals surface area contributed by atoms with E-state index in [1.54, 1.807) is 7.11 Å². The first-order valence-electron chi connectivity index (χ1n) is 6.92. The van der Waals surface area contributed by atoms with E-state index in [2.05, 4.69) is 6.07 Å². The lowest BCUT2D eigenvalue weighted by Crippen LogP contribution is -2.37. The molecule has 2 nitrogen and oxygen atoms in total. The van der Waals surface area contributed by atoms with Gasteiger partial charge < -0.3 is 4.74 Å². The second-order valence-corrected chi connectivity index (χ2v) is 5.55. The van der Waals surface area contributed by atoms with Crippen molar-refractivity contribution in [1.29, 1.82) is 0 Å². The number of aryl methyl sites for hydroxylation is 1. The van der Waals surface area contributed by atoms with Crippen LogP contribution in [0.15, 0.2) is 48.5 Å². The molecule has 0 unspecified atom stereocenters. The van der Waals surface area contributed by atoms with Gasteiger partial charge in [0, 0.05) is 5.56 Å². The molecule has 0 N–H and O–H groups in total. The first-order valence-corrected chi connectivity index (χ1v) is 6.92. The van der Waals surface area contributed by atoms with E-state index >= 15 is 0 Å². The molecule has 1 aliphatic rings. The van der Waals surface area contributed by atoms with Crippen molar-refractivity contribution in [2.24, 2.45) is 0 Å². The molecule has 0 heterocycles. The number of ether oxygens (including phenoxy) is 1. The molecule has 0 saturated carbocycles. The molecule has 0 fully saturated rings. The first-order chi connectivity index (χ1) is 9.65. The number of hydrogen-bond acceptors (Lipinski definition) is 2. The fraction of sp³-hybridized carbons (Fsp3) is 0.278. The van der Waals surface area contributed by atoms with Crippen LogP contribution in [0.5, 0.6) is 5.75 Å². The molecular formula is C18H18O2. The van der Waals surface area contributed by atoms with Crippen LogP contribution in [0.4, 0.5) is 0 Å². The predicted molar refractivity (Wildman–Crippen MR) is 79.4 cm³/mol. The molecule has 0 bridgehead atoms. The molecule has 3 rings (SSSR count). The average Bonchev–Trinajstić information content (AvgIpc) is 2.51. The summed E-state index contributed by atoms with van der Waals surface area (Å²) >= 11 is 0. The molecule has 1 atom stereocenters. The largest absolute Gasteiger partial charge is 0.497 e.